The molecule has 2 aliphatic rings. The fraction of sp³-hybridized carbons (Fsp3) is 0.500. The van der Waals surface area contributed by atoms with Crippen molar-refractivity contribution < 1.29 is 48.6 Å². The van der Waals surface area contributed by atoms with Crippen molar-refractivity contribution in [3.05, 3.63) is 29.3 Å². The van der Waals surface area contributed by atoms with Gasteiger partial charge in [0.2, 0.25) is 5.95 Å². The zero-order valence-corrected chi connectivity index (χ0v) is 22.1. The number of nitrogen functional groups attached to an aromatic ring is 2. The number of ether oxygens (including phenoxy) is 3. The van der Waals surface area contributed by atoms with Crippen molar-refractivity contribution in [2.75, 3.05) is 24.4 Å². The Morgan fingerprint density at radius 3 is 2.43 bits per heavy atom. The third-order valence-corrected chi connectivity index (χ3v) is 7.81. The van der Waals surface area contributed by atoms with Crippen molar-refractivity contribution in [3.63, 3.8) is 0 Å². The molecule has 0 bridgehead atoms. The Kier molecular flexibility index (Phi) is 7.17. The molecule has 0 amide bonds. The molecule has 0 spiro atoms. The van der Waals surface area contributed by atoms with Gasteiger partial charge in [0.25, 0.3) is 5.56 Å². The lowest BCUT2D eigenvalue weighted by Gasteiger charge is -2.25. The lowest BCUT2D eigenvalue weighted by atomic mass is 10.1. The molecule has 5 unspecified atom stereocenters. The second-order valence-electron chi connectivity index (χ2n) is 9.48. The number of nitrogens with two attached hydrogens (primary N) is 2. The minimum Gasteiger partial charge on any atom is -0.394 e. The lowest BCUT2D eigenvalue weighted by molar-refractivity contribution is -0.168. The molecule has 6 heterocycles. The average Bonchev–Trinajstić information content (AvgIpc) is 3.69. The van der Waals surface area contributed by atoms with Crippen LogP contribution in [0.15, 0.2) is 23.8 Å². The van der Waals surface area contributed by atoms with Crippen molar-refractivity contribution in [1.82, 2.24) is 39.0 Å². The zero-order valence-electron chi connectivity index (χ0n) is 21.2. The summed E-state index contributed by atoms with van der Waals surface area (Å²) in [7, 11) is -4.78. The van der Waals surface area contributed by atoms with Gasteiger partial charge >= 0.3 is 7.60 Å². The Bertz CT molecular complexity index is 1730. The molecule has 6 rings (SSSR count). The quantitative estimate of drug-likeness (QED) is 0.0894. The van der Waals surface area contributed by atoms with E-state index < -0.39 is 75.4 Å². The minimum atomic E-state index is -4.78. The van der Waals surface area contributed by atoms with Crippen LogP contribution in [0.5, 0.6) is 0 Å². The molecule has 0 saturated carbocycles. The maximum absolute atomic E-state index is 13.1. The van der Waals surface area contributed by atoms with E-state index >= 15 is 0 Å². The third kappa shape index (κ3) is 4.80. The maximum atomic E-state index is 13.1. The Morgan fingerprint density at radius 1 is 0.976 bits per heavy atom. The Morgan fingerprint density at radius 2 is 1.69 bits per heavy atom. The molecule has 9 atom stereocenters. The first-order valence-corrected chi connectivity index (χ1v) is 14.0. The number of fused-ring (bicyclic) bond motifs is 2. The number of H-pyrrole nitrogens is 1. The van der Waals surface area contributed by atoms with Crippen LogP contribution < -0.4 is 17.0 Å². The lowest BCUT2D eigenvalue weighted by Crippen LogP contribution is -2.36. The van der Waals surface area contributed by atoms with E-state index in [-0.39, 0.29) is 34.1 Å². The summed E-state index contributed by atoms with van der Waals surface area (Å²) in [4.78, 5) is 45.0. The summed E-state index contributed by atoms with van der Waals surface area (Å²) in [6, 6.07) is 0. The molecule has 42 heavy (non-hydrogen) atoms. The molecule has 10 N–H and O–H groups in total. The molecule has 2 fully saturated rings. The van der Waals surface area contributed by atoms with E-state index in [4.69, 9.17) is 30.2 Å². The van der Waals surface area contributed by atoms with Crippen molar-refractivity contribution in [1.29, 1.82) is 0 Å². The summed E-state index contributed by atoms with van der Waals surface area (Å²) >= 11 is 0. The smallest absolute Gasteiger partial charge is 0.354 e. The van der Waals surface area contributed by atoms with Gasteiger partial charge in [0.05, 0.1) is 19.3 Å². The summed E-state index contributed by atoms with van der Waals surface area (Å²) in [6.07, 6.45) is -9.49. The Balaban J connectivity index is 1.19. The van der Waals surface area contributed by atoms with Crippen LogP contribution in [0.1, 0.15) is 12.5 Å². The summed E-state index contributed by atoms with van der Waals surface area (Å²) < 4.78 is 37.4. The van der Waals surface area contributed by atoms with Gasteiger partial charge in [-0.2, -0.15) is 4.98 Å². The number of aromatic nitrogens is 8. The Labute approximate surface area is 232 Å². The number of aliphatic hydroxyl groups is 4. The highest BCUT2D eigenvalue weighted by molar-refractivity contribution is 7.52. The van der Waals surface area contributed by atoms with Gasteiger partial charge < -0.3 is 51.0 Å². The molecular formula is C20H25N10O11P. The molecule has 22 heteroatoms. The molecule has 2 saturated heterocycles. The molecule has 4 aromatic heterocycles. The maximum Gasteiger partial charge on any atom is 0.354 e. The standard InChI is InChI=1S/C20H25N10O11P/c21-13-7-14(24-2-23-13)29(3-25-7)17-10(33)11(34)19(40-17)38-5-42(36,37)41-12-9(32)6(1-31)39-18(12)30-4-26-8-15(30)27-20(22)28-16(8)35/h2-4,6,9-12,17-19,31-34H,1,5H2,(H,36,37)(H2,21,23,24)(H3,22,27,28,35)/t6-,9?,10?,11?,12?,17-,18-,19+/m1/s1. The summed E-state index contributed by atoms with van der Waals surface area (Å²) in [5.41, 5.74) is 10.9. The van der Waals surface area contributed by atoms with Crippen LogP contribution in [-0.4, -0.2) is 114 Å². The van der Waals surface area contributed by atoms with E-state index in [1.54, 1.807) is 0 Å². The predicted octanol–water partition coefficient (Wildman–Crippen LogP) is -3.50. The van der Waals surface area contributed by atoms with E-state index in [9.17, 15) is 34.7 Å². The zero-order chi connectivity index (χ0) is 29.9. The van der Waals surface area contributed by atoms with E-state index in [2.05, 4.69) is 29.9 Å². The number of rotatable bonds is 8. The SMILES string of the molecule is Nc1nc2c(ncn2[C@@H]2O[C@H](CO)C(O)C2OP(=O)(O)CO[C@H]2O[C@@H](n3cnc4c(N)ncnc43)C(O)C2O)c(=O)[nH]1. The molecule has 21 nitrogen and oxygen atoms in total. The monoisotopic (exact) mass is 612 g/mol. The first kappa shape index (κ1) is 28.5. The van der Waals surface area contributed by atoms with Crippen LogP contribution >= 0.6 is 7.60 Å². The van der Waals surface area contributed by atoms with Gasteiger partial charge in [-0.15, -0.1) is 0 Å². The van der Waals surface area contributed by atoms with Crippen molar-refractivity contribution in [2.24, 2.45) is 0 Å². The van der Waals surface area contributed by atoms with Gasteiger partial charge in [-0.3, -0.25) is 28.0 Å². The molecule has 0 radical (unpaired) electrons. The summed E-state index contributed by atoms with van der Waals surface area (Å²) in [6.45, 7) is -0.687. The predicted molar refractivity (Wildman–Crippen MR) is 136 cm³/mol. The molecular weight excluding hydrogens is 587 g/mol. The molecule has 0 aromatic carbocycles. The normalized spacial score (nSPS) is 31.3. The number of aliphatic hydroxyl groups excluding tert-OH is 4. The fourth-order valence-corrected chi connectivity index (χ4v) is 5.78. The van der Waals surface area contributed by atoms with E-state index in [0.29, 0.717) is 0 Å². The van der Waals surface area contributed by atoms with Crippen molar-refractivity contribution >= 4 is 41.7 Å². The largest absolute Gasteiger partial charge is 0.394 e. The topological polar surface area (TPSA) is 314 Å². The third-order valence-electron chi connectivity index (χ3n) is 6.76. The second-order valence-corrected chi connectivity index (χ2v) is 11.2. The fourth-order valence-electron chi connectivity index (χ4n) is 4.78. The van der Waals surface area contributed by atoms with Gasteiger partial charge in [0.1, 0.15) is 42.4 Å². The number of hydrogen-bond donors (Lipinski definition) is 8. The van der Waals surface area contributed by atoms with Crippen LogP contribution in [0, 0.1) is 0 Å². The highest BCUT2D eigenvalue weighted by atomic mass is 31.2. The van der Waals surface area contributed by atoms with E-state index in [1.165, 1.54) is 17.2 Å². The average molecular weight is 612 g/mol. The molecule has 4 aromatic rings. The van der Waals surface area contributed by atoms with Crippen LogP contribution in [0.3, 0.4) is 0 Å². The number of anilines is 2. The summed E-state index contributed by atoms with van der Waals surface area (Å²) in [5, 5.41) is 41.5. The number of hydrogen-bond acceptors (Lipinski definition) is 17. The van der Waals surface area contributed by atoms with Crippen molar-refractivity contribution in [2.45, 2.75) is 49.3 Å². The number of nitrogens with zero attached hydrogens (tertiary/aromatic N) is 7. The first-order valence-electron chi connectivity index (χ1n) is 12.2. The molecule has 226 valence electrons. The van der Waals surface area contributed by atoms with Gasteiger partial charge in [-0.1, -0.05) is 0 Å². The van der Waals surface area contributed by atoms with E-state index in [1.807, 2.05) is 0 Å². The first-order chi connectivity index (χ1) is 20.0. The van der Waals surface area contributed by atoms with Crippen LogP contribution in [0.25, 0.3) is 22.3 Å². The van der Waals surface area contributed by atoms with Gasteiger partial charge in [0.15, 0.2) is 47.7 Å². The van der Waals surface area contributed by atoms with Gasteiger partial charge in [-0.05, 0) is 0 Å². The number of aromatic amines is 1. The minimum absolute atomic E-state index is 0.0764. The van der Waals surface area contributed by atoms with E-state index in [0.717, 1.165) is 10.9 Å². The Hall–Kier alpha value is -3.63. The number of imidazole rings is 2. The summed E-state index contributed by atoms with van der Waals surface area (Å²) in [5.74, 6) is -0.173. The molecule has 2 aliphatic heterocycles. The van der Waals surface area contributed by atoms with Crippen LogP contribution in [-0.2, 0) is 23.3 Å². The number of nitrogens with one attached hydrogen (secondary N) is 1. The van der Waals surface area contributed by atoms with Crippen LogP contribution in [0.4, 0.5) is 11.8 Å². The molecule has 0 aliphatic carbocycles. The highest BCUT2D eigenvalue weighted by Gasteiger charge is 2.50. The van der Waals surface area contributed by atoms with Crippen molar-refractivity contribution in [3.8, 4) is 0 Å². The highest BCUT2D eigenvalue weighted by Crippen LogP contribution is 2.49. The van der Waals surface area contributed by atoms with Gasteiger partial charge in [-0.25, -0.2) is 19.9 Å². The second kappa shape index (κ2) is 10.6. The van der Waals surface area contributed by atoms with Gasteiger partial charge in [0, 0.05) is 0 Å². The van der Waals surface area contributed by atoms with Crippen LogP contribution in [0.2, 0.25) is 0 Å².